The fourth-order valence-corrected chi connectivity index (χ4v) is 3.33. The van der Waals surface area contributed by atoms with Gasteiger partial charge in [0.05, 0.1) is 25.4 Å². The molecule has 0 aliphatic carbocycles. The molecule has 3 aromatic heterocycles. The van der Waals surface area contributed by atoms with Crippen LogP contribution < -0.4 is 0 Å². The topological polar surface area (TPSA) is 57.8 Å². The Balaban J connectivity index is 1.96. The molecule has 3 rings (SSSR count). The van der Waals surface area contributed by atoms with Gasteiger partial charge in [0.15, 0.2) is 0 Å². The monoisotopic (exact) mass is 329 g/mol. The van der Waals surface area contributed by atoms with E-state index in [0.717, 1.165) is 10.5 Å². The third kappa shape index (κ3) is 3.13. The quantitative estimate of drug-likeness (QED) is 0.756. The molecule has 0 bridgehead atoms. The lowest BCUT2D eigenvalue weighted by Crippen LogP contribution is -2.42. The van der Waals surface area contributed by atoms with Crippen LogP contribution in [0, 0.1) is 0 Å². The maximum atomic E-state index is 13.1. The maximum absolute atomic E-state index is 13.1. The predicted molar refractivity (Wildman–Crippen MR) is 90.5 cm³/mol. The molecule has 0 fully saturated rings. The highest BCUT2D eigenvalue weighted by molar-refractivity contribution is 7.09. The molecule has 6 heteroatoms. The zero-order valence-electron chi connectivity index (χ0n) is 12.9. The summed E-state index contributed by atoms with van der Waals surface area (Å²) in [6, 6.07) is 9.39. The second kappa shape index (κ2) is 6.93. The second-order valence-corrected chi connectivity index (χ2v) is 6.36. The van der Waals surface area contributed by atoms with Crippen LogP contribution in [0.5, 0.6) is 0 Å². The van der Waals surface area contributed by atoms with E-state index >= 15 is 0 Å². The van der Waals surface area contributed by atoms with Gasteiger partial charge < -0.3 is 10.0 Å². The second-order valence-electron chi connectivity index (χ2n) is 5.33. The Hall–Kier alpha value is -2.18. The summed E-state index contributed by atoms with van der Waals surface area (Å²) < 4.78 is 1.79. The van der Waals surface area contributed by atoms with Gasteiger partial charge in [-0.2, -0.15) is 0 Å². The summed E-state index contributed by atoms with van der Waals surface area (Å²) in [6.45, 7) is 2.42. The molecule has 0 saturated heterocycles. The van der Waals surface area contributed by atoms with E-state index < -0.39 is 0 Å². The number of nitrogens with zero attached hydrogens (tertiary/aromatic N) is 3. The van der Waals surface area contributed by atoms with Crippen molar-refractivity contribution >= 4 is 22.9 Å². The van der Waals surface area contributed by atoms with Crippen LogP contribution in [0.4, 0.5) is 0 Å². The number of aliphatic hydroxyl groups excluding tert-OH is 1. The number of aliphatic hydroxyl groups is 1. The summed E-state index contributed by atoms with van der Waals surface area (Å²) in [5.41, 5.74) is 1.26. The number of carbonyl (C=O) groups is 1. The number of amides is 1. The van der Waals surface area contributed by atoms with E-state index in [4.69, 9.17) is 0 Å². The highest BCUT2D eigenvalue weighted by atomic mass is 32.1. The number of hydrogen-bond donors (Lipinski definition) is 1. The van der Waals surface area contributed by atoms with Gasteiger partial charge in [-0.25, -0.2) is 4.98 Å². The highest BCUT2D eigenvalue weighted by Gasteiger charge is 2.26. The first-order valence-corrected chi connectivity index (χ1v) is 8.48. The zero-order valence-corrected chi connectivity index (χ0v) is 13.7. The standard InChI is InChI=1S/C17H19N3O2S/c1-2-13(12-21)20(11-14-6-5-9-23-14)17(22)15-10-18-16-7-3-4-8-19(15)16/h3-10,13,21H,2,11-12H2,1H3. The van der Waals surface area contributed by atoms with Crippen molar-refractivity contribution in [3.8, 4) is 0 Å². The van der Waals surface area contributed by atoms with Crippen LogP contribution in [0.25, 0.3) is 5.65 Å². The number of fused-ring (bicyclic) bond motifs is 1. The van der Waals surface area contributed by atoms with E-state index in [9.17, 15) is 9.90 Å². The smallest absolute Gasteiger partial charge is 0.273 e. The van der Waals surface area contributed by atoms with Crippen molar-refractivity contribution < 1.29 is 9.90 Å². The molecule has 0 saturated carbocycles. The Morgan fingerprint density at radius 1 is 1.39 bits per heavy atom. The number of rotatable bonds is 6. The molecule has 3 aromatic rings. The molecule has 0 aromatic carbocycles. The van der Waals surface area contributed by atoms with Crippen molar-refractivity contribution in [3.05, 3.63) is 58.7 Å². The molecule has 1 atom stereocenters. The Bertz CT molecular complexity index is 778. The molecule has 120 valence electrons. The van der Waals surface area contributed by atoms with Crippen LogP contribution >= 0.6 is 11.3 Å². The Labute approximate surface area is 138 Å². The summed E-state index contributed by atoms with van der Waals surface area (Å²) in [4.78, 5) is 20.2. The summed E-state index contributed by atoms with van der Waals surface area (Å²) >= 11 is 1.61. The molecule has 0 aliphatic rings. The molecule has 0 radical (unpaired) electrons. The van der Waals surface area contributed by atoms with Crippen LogP contribution in [0.2, 0.25) is 0 Å². The number of imidazole rings is 1. The number of hydrogen-bond acceptors (Lipinski definition) is 4. The van der Waals surface area contributed by atoms with Gasteiger partial charge in [-0.1, -0.05) is 19.1 Å². The molecule has 5 nitrogen and oxygen atoms in total. The van der Waals surface area contributed by atoms with Crippen molar-refractivity contribution in [2.24, 2.45) is 0 Å². The minimum atomic E-state index is -0.209. The summed E-state index contributed by atoms with van der Waals surface area (Å²) in [6.07, 6.45) is 4.13. The maximum Gasteiger partial charge on any atom is 0.273 e. The molecule has 23 heavy (non-hydrogen) atoms. The third-order valence-corrected chi connectivity index (χ3v) is 4.79. The fourth-order valence-electron chi connectivity index (χ4n) is 2.62. The van der Waals surface area contributed by atoms with E-state index in [2.05, 4.69) is 4.98 Å². The van der Waals surface area contributed by atoms with Gasteiger partial charge in [-0.15, -0.1) is 11.3 Å². The third-order valence-electron chi connectivity index (χ3n) is 3.93. The number of aromatic nitrogens is 2. The van der Waals surface area contributed by atoms with Crippen LogP contribution in [0.15, 0.2) is 48.1 Å². The van der Waals surface area contributed by atoms with Gasteiger partial charge in [0, 0.05) is 11.1 Å². The minimum absolute atomic E-state index is 0.0512. The summed E-state index contributed by atoms with van der Waals surface area (Å²) in [7, 11) is 0. The Kier molecular flexibility index (Phi) is 4.73. The first kappa shape index (κ1) is 15.7. The van der Waals surface area contributed by atoms with Crippen LogP contribution in [-0.2, 0) is 6.54 Å². The average Bonchev–Trinajstić information content (AvgIpc) is 3.23. The van der Waals surface area contributed by atoms with E-state index in [1.807, 2.05) is 48.8 Å². The summed E-state index contributed by atoms with van der Waals surface area (Å²) in [5.74, 6) is -0.113. The Morgan fingerprint density at radius 3 is 2.96 bits per heavy atom. The van der Waals surface area contributed by atoms with Gasteiger partial charge in [0.25, 0.3) is 5.91 Å². The number of pyridine rings is 1. The fraction of sp³-hybridized carbons (Fsp3) is 0.294. The molecule has 1 N–H and O–H groups in total. The lowest BCUT2D eigenvalue weighted by atomic mass is 10.2. The normalized spacial score (nSPS) is 12.4. The van der Waals surface area contributed by atoms with Crippen molar-refractivity contribution in [2.45, 2.75) is 25.9 Å². The van der Waals surface area contributed by atoms with Crippen molar-refractivity contribution in [1.82, 2.24) is 14.3 Å². The van der Waals surface area contributed by atoms with Crippen LogP contribution in [-0.4, -0.2) is 37.9 Å². The molecule has 3 heterocycles. The van der Waals surface area contributed by atoms with Crippen molar-refractivity contribution in [2.75, 3.05) is 6.61 Å². The molecule has 1 amide bonds. The van der Waals surface area contributed by atoms with Gasteiger partial charge in [-0.05, 0) is 30.0 Å². The van der Waals surface area contributed by atoms with Gasteiger partial charge >= 0.3 is 0 Å². The van der Waals surface area contributed by atoms with Crippen LogP contribution in [0.3, 0.4) is 0 Å². The average molecular weight is 329 g/mol. The van der Waals surface area contributed by atoms with Crippen molar-refractivity contribution in [3.63, 3.8) is 0 Å². The van der Waals surface area contributed by atoms with E-state index in [0.29, 0.717) is 18.7 Å². The zero-order chi connectivity index (χ0) is 16.2. The van der Waals surface area contributed by atoms with E-state index in [1.165, 1.54) is 0 Å². The van der Waals surface area contributed by atoms with Crippen molar-refractivity contribution in [1.29, 1.82) is 0 Å². The minimum Gasteiger partial charge on any atom is -0.394 e. The SMILES string of the molecule is CCC(CO)N(Cc1cccs1)C(=O)c1cnc2ccccn12. The van der Waals surface area contributed by atoms with Crippen LogP contribution in [0.1, 0.15) is 28.7 Å². The molecule has 0 spiro atoms. The van der Waals surface area contributed by atoms with E-state index in [1.54, 1.807) is 26.8 Å². The molecule has 1 unspecified atom stereocenters. The molecular weight excluding hydrogens is 310 g/mol. The Morgan fingerprint density at radius 2 is 2.26 bits per heavy atom. The molecule has 0 aliphatic heterocycles. The first-order chi connectivity index (χ1) is 11.2. The van der Waals surface area contributed by atoms with Gasteiger partial charge in [-0.3, -0.25) is 9.20 Å². The largest absolute Gasteiger partial charge is 0.394 e. The lowest BCUT2D eigenvalue weighted by Gasteiger charge is -2.29. The highest BCUT2D eigenvalue weighted by Crippen LogP contribution is 2.19. The van der Waals surface area contributed by atoms with E-state index in [-0.39, 0.29) is 18.6 Å². The predicted octanol–water partition coefficient (Wildman–Crippen LogP) is 2.81. The van der Waals surface area contributed by atoms with Gasteiger partial charge in [0.1, 0.15) is 11.3 Å². The lowest BCUT2D eigenvalue weighted by molar-refractivity contribution is 0.0559. The summed E-state index contributed by atoms with van der Waals surface area (Å²) in [5, 5.41) is 11.7. The first-order valence-electron chi connectivity index (χ1n) is 7.61. The number of thiophene rings is 1. The molecular formula is C17H19N3O2S. The number of carbonyl (C=O) groups excluding carboxylic acids is 1. The van der Waals surface area contributed by atoms with Gasteiger partial charge in [0.2, 0.25) is 0 Å².